The molecule has 134 valence electrons. The van der Waals surface area contributed by atoms with Crippen molar-refractivity contribution >= 4 is 22.4 Å². The molecule has 0 aliphatic carbocycles. The normalized spacial score (nSPS) is 10.9. The smallest absolute Gasteiger partial charge is 0.259 e. The molecule has 0 saturated carbocycles. The van der Waals surface area contributed by atoms with Crippen LogP contribution >= 0.6 is 0 Å². The number of anilines is 1. The van der Waals surface area contributed by atoms with Crippen LogP contribution in [0.3, 0.4) is 0 Å². The quantitative estimate of drug-likeness (QED) is 0.531. The van der Waals surface area contributed by atoms with Crippen LogP contribution in [0.4, 0.5) is 10.1 Å². The van der Waals surface area contributed by atoms with E-state index in [1.807, 2.05) is 18.2 Å². The predicted molar refractivity (Wildman–Crippen MR) is 102 cm³/mol. The summed E-state index contributed by atoms with van der Waals surface area (Å²) in [5.41, 5.74) is 2.32. The van der Waals surface area contributed by atoms with Crippen molar-refractivity contribution in [3.8, 4) is 11.4 Å². The lowest BCUT2D eigenvalue weighted by Crippen LogP contribution is -2.13. The van der Waals surface area contributed by atoms with E-state index in [9.17, 15) is 14.3 Å². The Bertz CT molecular complexity index is 1150. The molecule has 0 unspecified atom stereocenters. The molecule has 1 amide bonds. The molecule has 3 aromatic carbocycles. The summed E-state index contributed by atoms with van der Waals surface area (Å²) in [6.07, 6.45) is 1.48. The Labute approximate surface area is 154 Å². The molecular weight excluding hydrogens is 345 g/mol. The van der Waals surface area contributed by atoms with Crippen LogP contribution < -0.4 is 5.32 Å². The number of benzene rings is 3. The number of nitrogens with one attached hydrogen (secondary N) is 1. The zero-order valence-electron chi connectivity index (χ0n) is 14.5. The molecule has 4 rings (SSSR count). The molecule has 1 heterocycles. The summed E-state index contributed by atoms with van der Waals surface area (Å²) in [5, 5.41) is 18.5. The lowest BCUT2D eigenvalue weighted by molar-refractivity contribution is 0.102. The Morgan fingerprint density at radius 3 is 2.48 bits per heavy atom. The van der Waals surface area contributed by atoms with E-state index in [0.29, 0.717) is 28.0 Å². The van der Waals surface area contributed by atoms with Gasteiger partial charge in [-0.1, -0.05) is 24.3 Å². The average molecular weight is 361 g/mol. The van der Waals surface area contributed by atoms with E-state index in [2.05, 4.69) is 10.4 Å². The fourth-order valence-corrected chi connectivity index (χ4v) is 3.06. The van der Waals surface area contributed by atoms with Crippen LogP contribution in [-0.4, -0.2) is 20.8 Å². The first-order chi connectivity index (χ1) is 13.0. The standard InChI is InChI=1S/C21H16FN3O2/c1-13-18(12-23-25(13)15-8-6-14(22)7-9-15)21(27)24-19-10-11-20(26)17-5-3-2-4-16(17)19/h2-12,26H,1H3,(H,24,27). The van der Waals surface area contributed by atoms with Crippen molar-refractivity contribution < 1.29 is 14.3 Å². The van der Waals surface area contributed by atoms with Crippen LogP contribution in [0.25, 0.3) is 16.5 Å². The highest BCUT2D eigenvalue weighted by Gasteiger charge is 2.16. The van der Waals surface area contributed by atoms with E-state index in [1.165, 1.54) is 18.3 Å². The van der Waals surface area contributed by atoms with Crippen molar-refractivity contribution in [2.24, 2.45) is 0 Å². The second-order valence-corrected chi connectivity index (χ2v) is 6.16. The van der Waals surface area contributed by atoms with Gasteiger partial charge >= 0.3 is 0 Å². The number of nitrogens with zero attached hydrogens (tertiary/aromatic N) is 2. The number of amides is 1. The lowest BCUT2D eigenvalue weighted by Gasteiger charge is -2.10. The van der Waals surface area contributed by atoms with Gasteiger partial charge < -0.3 is 10.4 Å². The van der Waals surface area contributed by atoms with Gasteiger partial charge in [0.05, 0.1) is 23.1 Å². The molecule has 27 heavy (non-hydrogen) atoms. The highest BCUT2D eigenvalue weighted by atomic mass is 19.1. The molecule has 2 N–H and O–H groups in total. The number of fused-ring (bicyclic) bond motifs is 1. The van der Waals surface area contributed by atoms with Crippen molar-refractivity contribution in [3.05, 3.63) is 83.9 Å². The number of hydrogen-bond acceptors (Lipinski definition) is 3. The van der Waals surface area contributed by atoms with Crippen molar-refractivity contribution in [1.29, 1.82) is 0 Å². The SMILES string of the molecule is Cc1c(C(=O)Nc2ccc(O)c3ccccc23)cnn1-c1ccc(F)cc1. The van der Waals surface area contributed by atoms with Crippen molar-refractivity contribution in [1.82, 2.24) is 9.78 Å². The van der Waals surface area contributed by atoms with Crippen LogP contribution in [0.2, 0.25) is 0 Å². The Morgan fingerprint density at radius 2 is 1.74 bits per heavy atom. The molecule has 1 aromatic heterocycles. The molecule has 0 atom stereocenters. The summed E-state index contributed by atoms with van der Waals surface area (Å²) in [4.78, 5) is 12.8. The van der Waals surface area contributed by atoms with Crippen molar-refractivity contribution in [3.63, 3.8) is 0 Å². The predicted octanol–water partition coefficient (Wildman–Crippen LogP) is 4.43. The number of phenols is 1. The second-order valence-electron chi connectivity index (χ2n) is 6.16. The number of aromatic hydroxyl groups is 1. The minimum absolute atomic E-state index is 0.156. The molecule has 4 aromatic rings. The maximum Gasteiger partial charge on any atom is 0.259 e. The van der Waals surface area contributed by atoms with Crippen LogP contribution in [0.1, 0.15) is 16.1 Å². The molecule has 0 fully saturated rings. The third kappa shape index (κ3) is 3.01. The van der Waals surface area contributed by atoms with Crippen LogP contribution in [0.15, 0.2) is 66.9 Å². The van der Waals surface area contributed by atoms with Gasteiger partial charge in [-0.15, -0.1) is 0 Å². The maximum absolute atomic E-state index is 13.1. The fraction of sp³-hybridized carbons (Fsp3) is 0.0476. The first kappa shape index (κ1) is 16.8. The molecule has 0 aliphatic rings. The largest absolute Gasteiger partial charge is 0.507 e. The van der Waals surface area contributed by atoms with Crippen molar-refractivity contribution in [2.45, 2.75) is 6.92 Å². The number of hydrogen-bond donors (Lipinski definition) is 2. The van der Waals surface area contributed by atoms with Gasteiger partial charge in [0.25, 0.3) is 5.91 Å². The maximum atomic E-state index is 13.1. The first-order valence-electron chi connectivity index (χ1n) is 8.37. The zero-order chi connectivity index (χ0) is 19.0. The summed E-state index contributed by atoms with van der Waals surface area (Å²) in [6, 6.07) is 16.4. The minimum atomic E-state index is -0.333. The highest BCUT2D eigenvalue weighted by Crippen LogP contribution is 2.31. The minimum Gasteiger partial charge on any atom is -0.507 e. The number of aromatic nitrogens is 2. The third-order valence-corrected chi connectivity index (χ3v) is 4.47. The summed E-state index contributed by atoms with van der Waals surface area (Å²) >= 11 is 0. The molecular formula is C21H16FN3O2. The molecule has 0 saturated heterocycles. The monoisotopic (exact) mass is 361 g/mol. The van der Waals surface area contributed by atoms with Crippen LogP contribution in [0.5, 0.6) is 5.75 Å². The van der Waals surface area contributed by atoms with E-state index < -0.39 is 0 Å². The summed E-state index contributed by atoms with van der Waals surface area (Å²) < 4.78 is 14.7. The van der Waals surface area contributed by atoms with Gasteiger partial charge in [0.2, 0.25) is 0 Å². The van der Waals surface area contributed by atoms with E-state index in [-0.39, 0.29) is 17.5 Å². The number of rotatable bonds is 3. The fourth-order valence-electron chi connectivity index (χ4n) is 3.06. The average Bonchev–Trinajstić information content (AvgIpc) is 3.06. The molecule has 0 aliphatic heterocycles. The number of carbonyl (C=O) groups is 1. The topological polar surface area (TPSA) is 67.2 Å². The zero-order valence-corrected chi connectivity index (χ0v) is 14.5. The molecule has 0 spiro atoms. The van der Waals surface area contributed by atoms with E-state index in [1.54, 1.807) is 41.9 Å². The second kappa shape index (κ2) is 6.57. The highest BCUT2D eigenvalue weighted by molar-refractivity contribution is 6.10. The van der Waals surface area contributed by atoms with Crippen LogP contribution in [-0.2, 0) is 0 Å². The summed E-state index contributed by atoms with van der Waals surface area (Å²) in [7, 11) is 0. The van der Waals surface area contributed by atoms with E-state index in [4.69, 9.17) is 0 Å². The van der Waals surface area contributed by atoms with Gasteiger partial charge in [-0.2, -0.15) is 5.10 Å². The summed E-state index contributed by atoms with van der Waals surface area (Å²) in [5.74, 6) is -0.485. The van der Waals surface area contributed by atoms with Gasteiger partial charge in [-0.05, 0) is 43.3 Å². The first-order valence-corrected chi connectivity index (χ1v) is 8.37. The summed E-state index contributed by atoms with van der Waals surface area (Å²) in [6.45, 7) is 1.78. The van der Waals surface area contributed by atoms with Gasteiger partial charge in [0.15, 0.2) is 0 Å². The number of carbonyl (C=O) groups excluding carboxylic acids is 1. The molecule has 6 heteroatoms. The van der Waals surface area contributed by atoms with Crippen molar-refractivity contribution in [2.75, 3.05) is 5.32 Å². The van der Waals surface area contributed by atoms with Gasteiger partial charge in [-0.25, -0.2) is 9.07 Å². The van der Waals surface area contributed by atoms with E-state index in [0.717, 1.165) is 5.39 Å². The Morgan fingerprint density at radius 1 is 1.04 bits per heavy atom. The van der Waals surface area contributed by atoms with Gasteiger partial charge in [0.1, 0.15) is 11.6 Å². The Hall–Kier alpha value is -3.67. The Kier molecular flexibility index (Phi) is 4.08. The molecule has 0 bridgehead atoms. The number of halogens is 1. The molecule has 5 nitrogen and oxygen atoms in total. The molecule has 0 radical (unpaired) electrons. The van der Waals surface area contributed by atoms with E-state index >= 15 is 0 Å². The van der Waals surface area contributed by atoms with Crippen LogP contribution in [0, 0.1) is 12.7 Å². The van der Waals surface area contributed by atoms with Gasteiger partial charge in [0, 0.05) is 16.5 Å². The van der Waals surface area contributed by atoms with Gasteiger partial charge in [-0.3, -0.25) is 4.79 Å². The third-order valence-electron chi connectivity index (χ3n) is 4.47. The Balaban J connectivity index is 1.67. The lowest BCUT2D eigenvalue weighted by atomic mass is 10.1. The number of phenolic OH excluding ortho intramolecular Hbond substituents is 1.